The van der Waals surface area contributed by atoms with E-state index in [0.29, 0.717) is 24.7 Å². The van der Waals surface area contributed by atoms with Crippen LogP contribution in [0.25, 0.3) is 0 Å². The number of methoxy groups -OCH3 is 1. The van der Waals surface area contributed by atoms with Crippen LogP contribution in [0.2, 0.25) is 0 Å². The monoisotopic (exact) mass is 493 g/mol. The number of aliphatic hydroxyl groups is 1. The zero-order valence-corrected chi connectivity index (χ0v) is 21.3. The van der Waals surface area contributed by atoms with E-state index >= 15 is 0 Å². The molecule has 10 nitrogen and oxygen atoms in total. The number of alkyl carbamates (subject to hydrolysis) is 1. The van der Waals surface area contributed by atoms with Gasteiger partial charge in [-0.05, 0) is 48.9 Å². The second-order valence-electron chi connectivity index (χ2n) is 11.9. The normalized spacial score (nSPS) is 36.1. The zero-order chi connectivity index (χ0) is 25.7. The minimum atomic E-state index is -1.09. The van der Waals surface area contributed by atoms with Crippen LogP contribution in [-0.2, 0) is 23.9 Å². The number of nitrogens with one attached hydrogen (secondary N) is 2. The molecule has 1 aliphatic heterocycles. The van der Waals surface area contributed by atoms with Gasteiger partial charge in [0.1, 0.15) is 23.7 Å². The van der Waals surface area contributed by atoms with Crippen molar-refractivity contribution in [1.29, 1.82) is 0 Å². The van der Waals surface area contributed by atoms with Gasteiger partial charge < -0.3 is 30.1 Å². The van der Waals surface area contributed by atoms with E-state index in [1.165, 1.54) is 18.4 Å². The topological polar surface area (TPSA) is 134 Å². The predicted octanol–water partition coefficient (Wildman–Crippen LogP) is 1.35. The smallest absolute Gasteiger partial charge is 0.408 e. The molecule has 4 aliphatic rings. The predicted molar refractivity (Wildman–Crippen MR) is 125 cm³/mol. The summed E-state index contributed by atoms with van der Waals surface area (Å²) in [5.41, 5.74) is -1.75. The largest absolute Gasteiger partial charge is 0.467 e. The van der Waals surface area contributed by atoms with Gasteiger partial charge in [0.2, 0.25) is 11.8 Å². The van der Waals surface area contributed by atoms with Crippen molar-refractivity contribution in [2.24, 2.45) is 23.2 Å². The molecule has 0 aromatic rings. The van der Waals surface area contributed by atoms with Gasteiger partial charge in [-0.1, -0.05) is 34.1 Å². The summed E-state index contributed by atoms with van der Waals surface area (Å²) in [4.78, 5) is 53.3. The molecule has 4 fully saturated rings. The third-order valence-corrected chi connectivity index (χ3v) is 8.21. The minimum absolute atomic E-state index is 0.0326. The Labute approximate surface area is 206 Å². The number of rotatable bonds is 7. The first-order chi connectivity index (χ1) is 16.4. The van der Waals surface area contributed by atoms with Gasteiger partial charge in [-0.3, -0.25) is 9.59 Å². The Bertz CT molecular complexity index is 877. The number of likely N-dealkylation sites (tertiary alicyclic amines) is 1. The number of fused-ring (bicyclic) bond motifs is 1. The average Bonchev–Trinajstić information content (AvgIpc) is 3.60. The van der Waals surface area contributed by atoms with Crippen LogP contribution in [-0.4, -0.2) is 77.4 Å². The molecule has 3 N–H and O–H groups in total. The lowest BCUT2D eigenvalue weighted by molar-refractivity contribution is -0.148. The number of aliphatic hydroxyl groups excluding tert-OH is 1. The molecule has 10 heteroatoms. The van der Waals surface area contributed by atoms with Crippen molar-refractivity contribution in [3.8, 4) is 0 Å². The van der Waals surface area contributed by atoms with Crippen molar-refractivity contribution in [3.63, 3.8) is 0 Å². The molecular formula is C25H39N3O7. The summed E-state index contributed by atoms with van der Waals surface area (Å²) in [6.07, 6.45) is 2.53. The molecule has 8 atom stereocenters. The number of carbonyl (C=O) groups excluding carboxylic acids is 4. The Kier molecular flexibility index (Phi) is 6.81. The van der Waals surface area contributed by atoms with Crippen molar-refractivity contribution in [3.05, 3.63) is 0 Å². The van der Waals surface area contributed by atoms with E-state index in [0.717, 1.165) is 12.8 Å². The highest BCUT2D eigenvalue weighted by Gasteiger charge is 2.62. The Balaban J connectivity index is 1.44. The second-order valence-corrected chi connectivity index (χ2v) is 11.9. The molecule has 0 aromatic heterocycles. The molecule has 0 bridgehead atoms. The SMILES string of the molecule is CC[C@@H]1CC1(NC(=O)[C@@H]1C[C@@H](O)CN1C(=O)[C@@H](NC(=O)OC1C[C@@H]2C[C@@H]2C1)C(C)(C)C)C(=O)OC. The highest BCUT2D eigenvalue weighted by atomic mass is 16.6. The molecule has 1 saturated heterocycles. The van der Waals surface area contributed by atoms with Gasteiger partial charge in [0.05, 0.1) is 13.2 Å². The van der Waals surface area contributed by atoms with Gasteiger partial charge in [-0.15, -0.1) is 0 Å². The molecule has 1 heterocycles. The van der Waals surface area contributed by atoms with Gasteiger partial charge in [0.25, 0.3) is 0 Å². The number of carbonyl (C=O) groups is 4. The van der Waals surface area contributed by atoms with Crippen molar-refractivity contribution < 1.29 is 33.8 Å². The molecular weight excluding hydrogens is 454 g/mol. The van der Waals surface area contributed by atoms with Gasteiger partial charge >= 0.3 is 12.1 Å². The standard InChI is InChI=1S/C25H39N3O7/c1-6-15-11-25(15,22(32)34-5)27-20(30)18-10-16(29)12-28(18)21(31)19(24(2,3)4)26-23(33)35-17-8-13-7-14(13)9-17/h13-19,29H,6-12H2,1-5H3,(H,26,33)(H,27,30)/t13-,14+,15-,16-,17?,18+,19-,25?/m1/s1. The van der Waals surface area contributed by atoms with Crippen LogP contribution in [0.5, 0.6) is 0 Å². The number of hydrogen-bond donors (Lipinski definition) is 3. The summed E-state index contributed by atoms with van der Waals surface area (Å²) in [6.45, 7) is 7.37. The lowest BCUT2D eigenvalue weighted by Gasteiger charge is -2.35. The summed E-state index contributed by atoms with van der Waals surface area (Å²) in [7, 11) is 1.28. The maximum Gasteiger partial charge on any atom is 0.408 e. The van der Waals surface area contributed by atoms with Crippen LogP contribution in [0.15, 0.2) is 0 Å². The van der Waals surface area contributed by atoms with E-state index < -0.39 is 53.0 Å². The van der Waals surface area contributed by atoms with Gasteiger partial charge in [0.15, 0.2) is 0 Å². The third kappa shape index (κ3) is 5.13. The molecule has 0 spiro atoms. The van der Waals surface area contributed by atoms with Crippen molar-refractivity contribution in [2.45, 2.75) is 96.1 Å². The van der Waals surface area contributed by atoms with Crippen molar-refractivity contribution >= 4 is 23.9 Å². The van der Waals surface area contributed by atoms with Gasteiger partial charge in [-0.2, -0.15) is 0 Å². The van der Waals surface area contributed by atoms with E-state index in [9.17, 15) is 24.3 Å². The first-order valence-electron chi connectivity index (χ1n) is 12.8. The molecule has 3 aliphatic carbocycles. The summed E-state index contributed by atoms with van der Waals surface area (Å²) >= 11 is 0. The van der Waals surface area contributed by atoms with E-state index in [2.05, 4.69) is 10.6 Å². The number of amides is 3. The number of esters is 1. The second kappa shape index (κ2) is 9.26. The first-order valence-corrected chi connectivity index (χ1v) is 12.8. The van der Waals surface area contributed by atoms with Crippen LogP contribution in [0.3, 0.4) is 0 Å². The fourth-order valence-electron chi connectivity index (χ4n) is 5.94. The molecule has 3 saturated carbocycles. The number of hydrogen-bond acceptors (Lipinski definition) is 7. The molecule has 196 valence electrons. The number of nitrogens with zero attached hydrogens (tertiary/aromatic N) is 1. The Morgan fingerprint density at radius 2 is 1.77 bits per heavy atom. The quantitative estimate of drug-likeness (QED) is 0.456. The molecule has 0 radical (unpaired) electrons. The Hall–Kier alpha value is -2.36. The summed E-state index contributed by atoms with van der Waals surface area (Å²) in [5, 5.41) is 15.9. The van der Waals surface area contributed by atoms with E-state index in [1.807, 2.05) is 27.7 Å². The van der Waals surface area contributed by atoms with Crippen LogP contribution in [0.1, 0.15) is 66.2 Å². The molecule has 3 amide bonds. The highest BCUT2D eigenvalue weighted by Crippen LogP contribution is 2.52. The summed E-state index contributed by atoms with van der Waals surface area (Å²) in [5.74, 6) is -0.187. The number of β-amino-alcohol motifs (C(OH)–C–C–N with tert-alkyl or cyclic N) is 1. The average molecular weight is 494 g/mol. The van der Waals surface area contributed by atoms with Gasteiger partial charge in [0, 0.05) is 13.0 Å². The van der Waals surface area contributed by atoms with E-state index in [1.54, 1.807) is 0 Å². The van der Waals surface area contributed by atoms with Crippen LogP contribution >= 0.6 is 0 Å². The first kappa shape index (κ1) is 25.7. The van der Waals surface area contributed by atoms with Gasteiger partial charge in [-0.25, -0.2) is 9.59 Å². The fourth-order valence-corrected chi connectivity index (χ4v) is 5.94. The van der Waals surface area contributed by atoms with Crippen molar-refractivity contribution in [2.75, 3.05) is 13.7 Å². The number of ether oxygens (including phenoxy) is 2. The maximum atomic E-state index is 13.6. The van der Waals surface area contributed by atoms with Crippen LogP contribution in [0.4, 0.5) is 4.79 Å². The molecule has 2 unspecified atom stereocenters. The Morgan fingerprint density at radius 1 is 1.11 bits per heavy atom. The minimum Gasteiger partial charge on any atom is -0.467 e. The fraction of sp³-hybridized carbons (Fsp3) is 0.840. The lowest BCUT2D eigenvalue weighted by Crippen LogP contribution is -2.59. The summed E-state index contributed by atoms with van der Waals surface area (Å²) in [6, 6.07) is -1.91. The van der Waals surface area contributed by atoms with E-state index in [-0.39, 0.29) is 25.0 Å². The molecule has 35 heavy (non-hydrogen) atoms. The van der Waals surface area contributed by atoms with Crippen molar-refractivity contribution in [1.82, 2.24) is 15.5 Å². The summed E-state index contributed by atoms with van der Waals surface area (Å²) < 4.78 is 10.5. The Morgan fingerprint density at radius 3 is 2.31 bits per heavy atom. The molecule has 0 aromatic carbocycles. The lowest BCUT2D eigenvalue weighted by atomic mass is 9.85. The maximum absolute atomic E-state index is 13.6. The zero-order valence-electron chi connectivity index (χ0n) is 21.3. The molecule has 4 rings (SSSR count). The highest BCUT2D eigenvalue weighted by molar-refractivity contribution is 5.96. The van der Waals surface area contributed by atoms with E-state index in [4.69, 9.17) is 9.47 Å². The third-order valence-electron chi connectivity index (χ3n) is 8.21. The van der Waals surface area contributed by atoms with Crippen LogP contribution < -0.4 is 10.6 Å². The van der Waals surface area contributed by atoms with Crippen LogP contribution in [0, 0.1) is 23.2 Å².